The molecule has 4 rings (SSSR count). The van der Waals surface area contributed by atoms with Crippen molar-refractivity contribution in [1.29, 1.82) is 0 Å². The summed E-state index contributed by atoms with van der Waals surface area (Å²) in [6, 6.07) is 5.61. The van der Waals surface area contributed by atoms with Gasteiger partial charge in [-0.2, -0.15) is 0 Å². The molecular formula is C29H33N3O6S. The van der Waals surface area contributed by atoms with Crippen molar-refractivity contribution in [3.05, 3.63) is 46.0 Å². The average molecular weight is 552 g/mol. The molecule has 0 radical (unpaired) electrons. The summed E-state index contributed by atoms with van der Waals surface area (Å²) in [5.74, 6) is 1.91. The number of nitrogens with zero attached hydrogens (tertiary/aromatic N) is 3. The third kappa shape index (κ3) is 5.54. The predicted molar refractivity (Wildman–Crippen MR) is 150 cm³/mol. The van der Waals surface area contributed by atoms with Gasteiger partial charge in [0, 0.05) is 28.9 Å². The standard InChI is InChI=1S/C29H33N3O6S/c1-6-31(7-2)16-20-27(29(35)38-8-3)25(18-9-10-21(36-4)22(15-18)37-5)26-19-11-13-32(24(34)12-14-33)17-23(19)39-28(26)30-20/h9-10,12,15H,6-8,11,13,16-17H2,1-5H3. The van der Waals surface area contributed by atoms with E-state index in [9.17, 15) is 14.4 Å². The number of rotatable bonds is 10. The van der Waals surface area contributed by atoms with E-state index in [-0.39, 0.29) is 12.5 Å². The van der Waals surface area contributed by atoms with E-state index in [1.807, 2.05) is 18.2 Å². The summed E-state index contributed by atoms with van der Waals surface area (Å²) in [6.45, 7) is 9.05. The molecule has 0 atom stereocenters. The van der Waals surface area contributed by atoms with E-state index in [0.717, 1.165) is 50.9 Å². The zero-order valence-electron chi connectivity index (χ0n) is 23.0. The highest BCUT2D eigenvalue weighted by molar-refractivity contribution is 7.19. The van der Waals surface area contributed by atoms with Gasteiger partial charge in [-0.1, -0.05) is 19.9 Å². The lowest BCUT2D eigenvalue weighted by atomic mass is 9.91. The molecule has 0 bridgehead atoms. The molecule has 2 aromatic heterocycles. The van der Waals surface area contributed by atoms with Gasteiger partial charge in [-0.3, -0.25) is 9.69 Å². The number of hydrogen-bond donors (Lipinski definition) is 0. The van der Waals surface area contributed by atoms with Gasteiger partial charge in [-0.25, -0.2) is 14.6 Å². The zero-order chi connectivity index (χ0) is 28.1. The summed E-state index contributed by atoms with van der Waals surface area (Å²) < 4.78 is 16.7. The van der Waals surface area contributed by atoms with Crippen LogP contribution in [0.15, 0.2) is 24.3 Å². The molecule has 39 heavy (non-hydrogen) atoms. The molecule has 0 saturated heterocycles. The molecule has 0 spiro atoms. The minimum atomic E-state index is -0.428. The van der Waals surface area contributed by atoms with Crippen molar-refractivity contribution >= 4 is 39.4 Å². The van der Waals surface area contributed by atoms with E-state index in [1.54, 1.807) is 32.0 Å². The van der Waals surface area contributed by atoms with Crippen LogP contribution in [0.25, 0.3) is 21.3 Å². The molecule has 10 heteroatoms. The summed E-state index contributed by atoms with van der Waals surface area (Å²) in [7, 11) is 3.16. The van der Waals surface area contributed by atoms with E-state index >= 15 is 0 Å². The van der Waals surface area contributed by atoms with Gasteiger partial charge in [-0.15, -0.1) is 11.3 Å². The van der Waals surface area contributed by atoms with Gasteiger partial charge in [-0.05, 0) is 49.7 Å². The number of amides is 1. The molecule has 1 aliphatic heterocycles. The van der Waals surface area contributed by atoms with Gasteiger partial charge in [0.1, 0.15) is 10.8 Å². The molecule has 3 aromatic rings. The van der Waals surface area contributed by atoms with Crippen LogP contribution in [0.4, 0.5) is 0 Å². The number of fused-ring (bicyclic) bond motifs is 3. The van der Waals surface area contributed by atoms with Gasteiger partial charge in [0.15, 0.2) is 11.5 Å². The van der Waals surface area contributed by atoms with E-state index in [1.165, 1.54) is 11.3 Å². The minimum Gasteiger partial charge on any atom is -0.493 e. The van der Waals surface area contributed by atoms with Gasteiger partial charge in [0.2, 0.25) is 0 Å². The topological polar surface area (TPSA) is 98.3 Å². The number of benzene rings is 1. The van der Waals surface area contributed by atoms with Crippen LogP contribution in [0.1, 0.15) is 47.3 Å². The van der Waals surface area contributed by atoms with Crippen molar-refractivity contribution in [2.75, 3.05) is 40.5 Å². The predicted octanol–water partition coefficient (Wildman–Crippen LogP) is 4.27. The maximum Gasteiger partial charge on any atom is 0.340 e. The summed E-state index contributed by atoms with van der Waals surface area (Å²) in [6.07, 6.45) is 1.49. The van der Waals surface area contributed by atoms with E-state index in [0.29, 0.717) is 48.8 Å². The van der Waals surface area contributed by atoms with Gasteiger partial charge < -0.3 is 19.1 Å². The van der Waals surface area contributed by atoms with Crippen molar-refractivity contribution in [3.63, 3.8) is 0 Å². The number of ether oxygens (including phenoxy) is 3. The van der Waals surface area contributed by atoms with Crippen LogP contribution in [0.3, 0.4) is 0 Å². The lowest BCUT2D eigenvalue weighted by molar-refractivity contribution is -0.126. The first-order valence-corrected chi connectivity index (χ1v) is 13.8. The normalized spacial score (nSPS) is 12.7. The Morgan fingerprint density at radius 2 is 1.90 bits per heavy atom. The first-order chi connectivity index (χ1) is 18.9. The number of pyridine rings is 1. The highest BCUT2D eigenvalue weighted by atomic mass is 32.1. The van der Waals surface area contributed by atoms with E-state index in [2.05, 4.69) is 18.7 Å². The highest BCUT2D eigenvalue weighted by Crippen LogP contribution is 2.44. The van der Waals surface area contributed by atoms with E-state index in [4.69, 9.17) is 19.2 Å². The fourth-order valence-electron chi connectivity index (χ4n) is 4.98. The molecule has 9 nitrogen and oxygen atoms in total. The molecule has 1 amide bonds. The molecule has 0 aliphatic carbocycles. The molecule has 0 N–H and O–H groups in total. The molecule has 3 heterocycles. The van der Waals surface area contributed by atoms with Gasteiger partial charge in [0.25, 0.3) is 5.91 Å². The van der Waals surface area contributed by atoms with Gasteiger partial charge in [0.05, 0.1) is 44.7 Å². The van der Waals surface area contributed by atoms with Crippen LogP contribution >= 0.6 is 11.3 Å². The minimum absolute atomic E-state index is 0.232. The Bertz CT molecular complexity index is 1440. The second kappa shape index (κ2) is 12.4. The van der Waals surface area contributed by atoms with Gasteiger partial charge >= 0.3 is 5.97 Å². The van der Waals surface area contributed by atoms with Crippen molar-refractivity contribution in [2.45, 2.75) is 40.3 Å². The maximum absolute atomic E-state index is 13.6. The van der Waals surface area contributed by atoms with Crippen molar-refractivity contribution in [3.8, 4) is 22.6 Å². The molecule has 1 aliphatic rings. The second-order valence-electron chi connectivity index (χ2n) is 9.02. The summed E-state index contributed by atoms with van der Waals surface area (Å²) in [4.78, 5) is 47.4. The van der Waals surface area contributed by atoms with Crippen LogP contribution in [0.2, 0.25) is 0 Å². The molecular weight excluding hydrogens is 518 g/mol. The fraction of sp³-hybridized carbons (Fsp3) is 0.414. The van der Waals surface area contributed by atoms with Crippen LogP contribution in [0.5, 0.6) is 11.5 Å². The van der Waals surface area contributed by atoms with Crippen molar-refractivity contribution in [1.82, 2.24) is 14.8 Å². The van der Waals surface area contributed by atoms with Crippen LogP contribution in [-0.4, -0.2) is 73.1 Å². The Hall–Kier alpha value is -3.72. The van der Waals surface area contributed by atoms with E-state index < -0.39 is 5.97 Å². The number of carbonyl (C=O) groups excluding carboxylic acids is 3. The number of aromatic nitrogens is 1. The summed E-state index contributed by atoms with van der Waals surface area (Å²) in [5.41, 5.74) is 3.65. The number of esters is 1. The lowest BCUT2D eigenvalue weighted by Crippen LogP contribution is -2.34. The van der Waals surface area contributed by atoms with Crippen LogP contribution in [-0.2, 0) is 33.8 Å². The SMILES string of the molecule is CCOC(=O)c1c(CN(CC)CC)nc2sc3c(c2c1-c1ccc(OC)c(OC)c1)CCN(C(=O)C=C=O)C3. The van der Waals surface area contributed by atoms with Crippen LogP contribution in [0, 0.1) is 0 Å². The molecule has 1 aromatic carbocycles. The number of hydrogen-bond acceptors (Lipinski definition) is 9. The van der Waals surface area contributed by atoms with Crippen LogP contribution < -0.4 is 9.47 Å². The number of thiophene rings is 1. The Morgan fingerprint density at radius 1 is 1.15 bits per heavy atom. The van der Waals surface area contributed by atoms with Crippen molar-refractivity contribution < 1.29 is 28.6 Å². The highest BCUT2D eigenvalue weighted by Gasteiger charge is 2.31. The Labute approximate surface area is 232 Å². The second-order valence-corrected chi connectivity index (χ2v) is 10.1. The number of methoxy groups -OCH3 is 2. The zero-order valence-corrected chi connectivity index (χ0v) is 23.8. The fourth-order valence-corrected chi connectivity index (χ4v) is 6.24. The first-order valence-electron chi connectivity index (χ1n) is 13.0. The Morgan fingerprint density at radius 3 is 2.54 bits per heavy atom. The maximum atomic E-state index is 13.6. The van der Waals surface area contributed by atoms with Crippen molar-refractivity contribution in [2.24, 2.45) is 0 Å². The monoisotopic (exact) mass is 551 g/mol. The summed E-state index contributed by atoms with van der Waals surface area (Å²) in [5, 5.41) is 0.881. The molecule has 0 saturated carbocycles. The molecule has 0 unspecified atom stereocenters. The smallest absolute Gasteiger partial charge is 0.340 e. The third-order valence-electron chi connectivity index (χ3n) is 6.98. The largest absolute Gasteiger partial charge is 0.493 e. The quantitative estimate of drug-likeness (QED) is 0.209. The third-order valence-corrected chi connectivity index (χ3v) is 8.09. The summed E-state index contributed by atoms with van der Waals surface area (Å²) >= 11 is 1.51. The first kappa shape index (κ1) is 28.3. The lowest BCUT2D eigenvalue weighted by Gasteiger charge is -2.26. The Balaban J connectivity index is 2.04. The Kier molecular flexibility index (Phi) is 9.01. The average Bonchev–Trinajstić information content (AvgIpc) is 3.32. The molecule has 0 fully saturated rings. The molecule has 206 valence electrons. The number of carbonyl (C=O) groups is 2.